The van der Waals surface area contributed by atoms with Crippen LogP contribution < -0.4 is 15.5 Å². The minimum Gasteiger partial charge on any atom is -0.391 e. The molecule has 4 rings (SSSR count). The number of halogens is 2. The molecule has 2 atom stereocenters. The molecule has 0 bridgehead atoms. The van der Waals surface area contributed by atoms with E-state index in [1.165, 1.54) is 0 Å². The van der Waals surface area contributed by atoms with Crippen molar-refractivity contribution in [2.45, 2.75) is 31.4 Å². The quantitative estimate of drug-likeness (QED) is 0.706. The third kappa shape index (κ3) is 4.48. The second-order valence-electron chi connectivity index (χ2n) is 7.08. The first kappa shape index (κ1) is 21.8. The van der Waals surface area contributed by atoms with Crippen LogP contribution in [0, 0.1) is 0 Å². The maximum absolute atomic E-state index is 12.5. The minimum absolute atomic E-state index is 0. The van der Waals surface area contributed by atoms with Crippen molar-refractivity contribution in [1.29, 1.82) is 0 Å². The van der Waals surface area contributed by atoms with Crippen molar-refractivity contribution in [1.82, 2.24) is 20.2 Å². The van der Waals surface area contributed by atoms with Crippen LogP contribution in [0.3, 0.4) is 0 Å². The molecule has 1 aromatic heterocycles. The number of β-amino-alcohol motifs (C(OH)–C–C–N with tert-alkyl or cyclic N) is 1. The van der Waals surface area contributed by atoms with Crippen molar-refractivity contribution >= 4 is 47.7 Å². The van der Waals surface area contributed by atoms with Gasteiger partial charge in [0.1, 0.15) is 0 Å². The maximum atomic E-state index is 12.5. The number of imidazole rings is 1. The number of aliphatic hydroxyl groups excluding tert-OH is 1. The molecular formula is C18H27Cl2N5O2. The van der Waals surface area contributed by atoms with Gasteiger partial charge in [-0.15, -0.1) is 24.8 Å². The third-order valence-electron chi connectivity index (χ3n) is 5.20. The molecule has 9 heteroatoms. The Morgan fingerprint density at radius 3 is 2.81 bits per heavy atom. The molecule has 0 spiro atoms. The van der Waals surface area contributed by atoms with Gasteiger partial charge < -0.3 is 25.2 Å². The van der Waals surface area contributed by atoms with E-state index in [1.807, 2.05) is 29.8 Å². The van der Waals surface area contributed by atoms with Gasteiger partial charge in [0, 0.05) is 38.3 Å². The van der Waals surface area contributed by atoms with E-state index in [0.29, 0.717) is 12.1 Å². The average Bonchev–Trinajstić information content (AvgIpc) is 3.19. The van der Waals surface area contributed by atoms with Gasteiger partial charge >= 0.3 is 0 Å². The number of nitrogens with zero attached hydrogens (tertiary/aromatic N) is 3. The standard InChI is InChI=1S/C18H25N5O2.2ClH/c1-22-16-5-4-12(17(25)20-13-3-2-7-19-10-13)9-15(16)21-18(22)23-8-6-14(24)11-23;;/h4-5,9,13-14,19,24H,2-3,6-8,10-11H2,1H3,(H,20,25);2*1H/t13-,14+;;/m1../s1. The van der Waals surface area contributed by atoms with Gasteiger partial charge in [-0.25, -0.2) is 4.98 Å². The zero-order chi connectivity index (χ0) is 17.4. The number of nitrogens with one attached hydrogen (secondary N) is 2. The van der Waals surface area contributed by atoms with Crippen molar-refractivity contribution in [3.8, 4) is 0 Å². The Kier molecular flexibility index (Phi) is 7.33. The third-order valence-corrected chi connectivity index (χ3v) is 5.20. The zero-order valence-corrected chi connectivity index (χ0v) is 17.0. The first-order chi connectivity index (χ1) is 12.1. The summed E-state index contributed by atoms with van der Waals surface area (Å²) in [5.74, 6) is 0.806. The summed E-state index contributed by atoms with van der Waals surface area (Å²) in [7, 11) is 1.98. The monoisotopic (exact) mass is 415 g/mol. The normalized spacial score (nSPS) is 22.2. The number of anilines is 1. The van der Waals surface area contributed by atoms with E-state index < -0.39 is 0 Å². The van der Waals surface area contributed by atoms with Crippen molar-refractivity contribution < 1.29 is 9.90 Å². The lowest BCUT2D eigenvalue weighted by molar-refractivity contribution is 0.0931. The predicted octanol–water partition coefficient (Wildman–Crippen LogP) is 1.47. The number of aliphatic hydroxyl groups is 1. The lowest BCUT2D eigenvalue weighted by atomic mass is 10.1. The number of carbonyl (C=O) groups is 1. The minimum atomic E-state index is -0.287. The van der Waals surface area contributed by atoms with E-state index in [9.17, 15) is 9.90 Å². The molecule has 7 nitrogen and oxygen atoms in total. The molecule has 27 heavy (non-hydrogen) atoms. The molecule has 3 N–H and O–H groups in total. The number of aromatic nitrogens is 2. The molecule has 150 valence electrons. The molecule has 0 radical (unpaired) electrons. The fourth-order valence-corrected chi connectivity index (χ4v) is 3.78. The second kappa shape index (κ2) is 9.10. The van der Waals surface area contributed by atoms with E-state index in [4.69, 9.17) is 4.98 Å². The second-order valence-corrected chi connectivity index (χ2v) is 7.08. The van der Waals surface area contributed by atoms with Crippen LogP contribution in [0.15, 0.2) is 18.2 Å². The molecule has 2 aliphatic rings. The lowest BCUT2D eigenvalue weighted by Crippen LogP contribution is -2.45. The van der Waals surface area contributed by atoms with Crippen LogP contribution in [0.5, 0.6) is 0 Å². The Morgan fingerprint density at radius 2 is 2.15 bits per heavy atom. The fraction of sp³-hybridized carbons (Fsp3) is 0.556. The maximum Gasteiger partial charge on any atom is 0.251 e. The summed E-state index contributed by atoms with van der Waals surface area (Å²) in [6, 6.07) is 5.86. The summed E-state index contributed by atoms with van der Waals surface area (Å²) < 4.78 is 2.03. The molecule has 3 heterocycles. The lowest BCUT2D eigenvalue weighted by Gasteiger charge is -2.23. The summed E-state index contributed by atoms with van der Waals surface area (Å²) in [5.41, 5.74) is 2.45. The van der Waals surface area contributed by atoms with Gasteiger partial charge in [-0.05, 0) is 44.0 Å². The van der Waals surface area contributed by atoms with Gasteiger partial charge in [0.15, 0.2) is 0 Å². The number of carbonyl (C=O) groups excluding carboxylic acids is 1. The Morgan fingerprint density at radius 1 is 1.33 bits per heavy atom. The first-order valence-electron chi connectivity index (χ1n) is 9.03. The Balaban J connectivity index is 0.00000131. The molecule has 1 amide bonds. The van der Waals surface area contributed by atoms with Crippen molar-refractivity contribution in [2.24, 2.45) is 7.05 Å². The van der Waals surface area contributed by atoms with E-state index >= 15 is 0 Å². The van der Waals surface area contributed by atoms with E-state index in [0.717, 1.165) is 55.9 Å². The van der Waals surface area contributed by atoms with E-state index in [2.05, 4.69) is 15.5 Å². The molecule has 0 aliphatic carbocycles. The van der Waals surface area contributed by atoms with E-state index in [1.54, 1.807) is 0 Å². The molecule has 1 aromatic carbocycles. The number of amides is 1. The number of fused-ring (bicyclic) bond motifs is 1. The number of hydrogen-bond donors (Lipinski definition) is 3. The number of hydrogen-bond acceptors (Lipinski definition) is 5. The van der Waals surface area contributed by atoms with Gasteiger partial charge in [-0.2, -0.15) is 0 Å². The van der Waals surface area contributed by atoms with Crippen molar-refractivity contribution in [3.05, 3.63) is 23.8 Å². The fourth-order valence-electron chi connectivity index (χ4n) is 3.78. The predicted molar refractivity (Wildman–Crippen MR) is 111 cm³/mol. The van der Waals surface area contributed by atoms with Gasteiger partial charge in [-0.3, -0.25) is 4.79 Å². The molecular weight excluding hydrogens is 389 g/mol. The molecule has 2 aliphatic heterocycles. The highest BCUT2D eigenvalue weighted by Crippen LogP contribution is 2.25. The number of rotatable bonds is 3. The van der Waals surface area contributed by atoms with Gasteiger partial charge in [-0.1, -0.05) is 0 Å². The number of piperidine rings is 1. The molecule has 2 saturated heterocycles. The molecule has 0 saturated carbocycles. The molecule has 2 fully saturated rings. The highest BCUT2D eigenvalue weighted by molar-refractivity contribution is 5.98. The van der Waals surface area contributed by atoms with Crippen LogP contribution in [0.4, 0.5) is 5.95 Å². The summed E-state index contributed by atoms with van der Waals surface area (Å²) >= 11 is 0. The summed E-state index contributed by atoms with van der Waals surface area (Å²) in [6.07, 6.45) is 2.60. The summed E-state index contributed by atoms with van der Waals surface area (Å²) in [6.45, 7) is 3.28. The van der Waals surface area contributed by atoms with Crippen LogP contribution in [0.1, 0.15) is 29.6 Å². The van der Waals surface area contributed by atoms with Gasteiger partial charge in [0.05, 0.1) is 17.1 Å². The van der Waals surface area contributed by atoms with Crippen LogP contribution in [0.2, 0.25) is 0 Å². The van der Waals surface area contributed by atoms with Gasteiger partial charge in [0.2, 0.25) is 5.95 Å². The Bertz CT molecular complexity index is 791. The zero-order valence-electron chi connectivity index (χ0n) is 15.4. The number of aryl methyl sites for hydroxylation is 1. The topological polar surface area (TPSA) is 82.4 Å². The summed E-state index contributed by atoms with van der Waals surface area (Å²) in [5, 5.41) is 16.2. The van der Waals surface area contributed by atoms with Crippen LogP contribution in [-0.2, 0) is 7.05 Å². The molecule has 2 aromatic rings. The summed E-state index contributed by atoms with van der Waals surface area (Å²) in [4.78, 5) is 19.3. The number of benzene rings is 1. The van der Waals surface area contributed by atoms with Crippen molar-refractivity contribution in [3.63, 3.8) is 0 Å². The highest BCUT2D eigenvalue weighted by Gasteiger charge is 2.24. The van der Waals surface area contributed by atoms with Crippen LogP contribution in [-0.4, -0.2) is 58.9 Å². The molecule has 0 unspecified atom stereocenters. The highest BCUT2D eigenvalue weighted by atomic mass is 35.5. The largest absolute Gasteiger partial charge is 0.391 e. The Hall–Kier alpha value is -1.54. The SMILES string of the molecule is Cl.Cl.Cn1c(N2CC[C@H](O)C2)nc2cc(C(=O)N[C@@H]3CCCNC3)ccc21. The van der Waals surface area contributed by atoms with Crippen molar-refractivity contribution in [2.75, 3.05) is 31.1 Å². The van der Waals surface area contributed by atoms with Crippen LogP contribution >= 0.6 is 24.8 Å². The first-order valence-corrected chi connectivity index (χ1v) is 9.03. The van der Waals surface area contributed by atoms with Crippen LogP contribution in [0.25, 0.3) is 11.0 Å². The Labute approximate surface area is 171 Å². The smallest absolute Gasteiger partial charge is 0.251 e. The van der Waals surface area contributed by atoms with E-state index in [-0.39, 0.29) is 42.9 Å². The average molecular weight is 416 g/mol. The van der Waals surface area contributed by atoms with Gasteiger partial charge in [0.25, 0.3) is 5.91 Å².